The Kier molecular flexibility index (Phi) is 7.79. The zero-order chi connectivity index (χ0) is 32.5. The average molecular weight is 624 g/mol. The first-order chi connectivity index (χ1) is 23.6. The van der Waals surface area contributed by atoms with Crippen molar-refractivity contribution < 1.29 is 0 Å². The number of nitrogens with one attached hydrogen (secondary N) is 2. The average Bonchev–Trinajstić information content (AvgIpc) is 3.56. The predicted octanol–water partition coefficient (Wildman–Crippen LogP) is 10.1. The van der Waals surface area contributed by atoms with Gasteiger partial charge >= 0.3 is 0 Å². The van der Waals surface area contributed by atoms with Crippen LogP contribution < -0.4 is 15.5 Å². The van der Waals surface area contributed by atoms with Gasteiger partial charge in [0.25, 0.3) is 0 Å². The van der Waals surface area contributed by atoms with E-state index in [4.69, 9.17) is 9.98 Å². The second-order valence-electron chi connectivity index (χ2n) is 12.6. The molecule has 0 saturated heterocycles. The van der Waals surface area contributed by atoms with Gasteiger partial charge in [0.05, 0.1) is 11.4 Å². The van der Waals surface area contributed by atoms with Crippen LogP contribution in [-0.4, -0.2) is 17.8 Å². The third-order valence-corrected chi connectivity index (χ3v) is 9.10. The molecule has 2 aliphatic rings. The van der Waals surface area contributed by atoms with E-state index in [0.29, 0.717) is 5.92 Å². The van der Waals surface area contributed by atoms with Crippen molar-refractivity contribution in [2.24, 2.45) is 15.9 Å². The quantitative estimate of drug-likeness (QED) is 0.186. The summed E-state index contributed by atoms with van der Waals surface area (Å²) in [7, 11) is 0. The SMILES string of the molecule is CC(C)C1Nc2ccccc2N1c1cccc(-c2ccccc2-c2ccccc2C2N=C(c3ccccc3)NC(c3ccccc3)=N2)c1. The molecule has 0 fully saturated rings. The molecule has 5 nitrogen and oxygen atoms in total. The van der Waals surface area contributed by atoms with Crippen molar-refractivity contribution in [3.63, 3.8) is 0 Å². The minimum atomic E-state index is -0.425. The lowest BCUT2D eigenvalue weighted by Crippen LogP contribution is -2.36. The van der Waals surface area contributed by atoms with E-state index in [0.717, 1.165) is 45.1 Å². The lowest BCUT2D eigenvalue weighted by molar-refractivity contribution is 0.543. The molecule has 0 radical (unpaired) electrons. The Bertz CT molecular complexity index is 2080. The number of aliphatic imine (C=N–C) groups is 2. The largest absolute Gasteiger partial charge is 0.363 e. The fourth-order valence-corrected chi connectivity index (χ4v) is 6.78. The molecule has 0 spiro atoms. The summed E-state index contributed by atoms with van der Waals surface area (Å²) in [4.78, 5) is 12.8. The van der Waals surface area contributed by atoms with Crippen LogP contribution in [0.3, 0.4) is 0 Å². The molecule has 2 aliphatic heterocycles. The van der Waals surface area contributed by atoms with Gasteiger partial charge in [-0.3, -0.25) is 0 Å². The third-order valence-electron chi connectivity index (χ3n) is 9.10. The number of benzene rings is 6. The van der Waals surface area contributed by atoms with Gasteiger partial charge in [-0.05, 0) is 52.4 Å². The van der Waals surface area contributed by atoms with E-state index < -0.39 is 6.17 Å². The highest BCUT2D eigenvalue weighted by Gasteiger charge is 2.32. The van der Waals surface area contributed by atoms with Gasteiger partial charge in [0.15, 0.2) is 6.17 Å². The maximum atomic E-state index is 5.20. The van der Waals surface area contributed by atoms with Gasteiger partial charge in [-0.1, -0.05) is 147 Å². The molecular formula is C43H37N5. The summed E-state index contributed by atoms with van der Waals surface area (Å²) in [6.45, 7) is 4.54. The molecule has 8 rings (SSSR count). The minimum absolute atomic E-state index is 0.168. The summed E-state index contributed by atoms with van der Waals surface area (Å²) in [6, 6.07) is 55.3. The van der Waals surface area contributed by atoms with Crippen LogP contribution in [0.2, 0.25) is 0 Å². The van der Waals surface area contributed by atoms with Crippen LogP contribution in [0, 0.1) is 5.92 Å². The smallest absolute Gasteiger partial charge is 0.170 e. The van der Waals surface area contributed by atoms with Crippen LogP contribution in [-0.2, 0) is 0 Å². The molecule has 2 heterocycles. The highest BCUT2D eigenvalue weighted by atomic mass is 15.3. The van der Waals surface area contributed by atoms with E-state index in [9.17, 15) is 0 Å². The summed E-state index contributed by atoms with van der Waals surface area (Å²) in [6.07, 6.45) is -0.256. The Morgan fingerprint density at radius 1 is 0.542 bits per heavy atom. The number of fused-ring (bicyclic) bond motifs is 1. The Labute approximate surface area is 282 Å². The summed E-state index contributed by atoms with van der Waals surface area (Å²) in [5.41, 5.74) is 11.3. The van der Waals surface area contributed by atoms with Crippen molar-refractivity contribution in [2.45, 2.75) is 26.2 Å². The van der Waals surface area contributed by atoms with Crippen LogP contribution in [0.1, 0.15) is 36.7 Å². The van der Waals surface area contributed by atoms with Gasteiger partial charge in [0, 0.05) is 22.4 Å². The molecule has 0 aromatic heterocycles. The number of hydrogen-bond acceptors (Lipinski definition) is 5. The molecule has 6 aromatic rings. The van der Waals surface area contributed by atoms with E-state index in [2.05, 4.69) is 151 Å². The van der Waals surface area contributed by atoms with Gasteiger partial charge in [0.1, 0.15) is 17.8 Å². The standard InChI is InChI=1S/C43H37N5/c1-29(2)43-44-38-26-13-14-27-39(38)48(43)33-21-15-20-32(28-33)34-22-9-10-23-35(34)36-24-11-12-25-37(36)42-46-40(30-16-5-3-6-17-30)45-41(47-42)31-18-7-4-8-19-31/h3-29,42-44H,1-2H3,(H,45,46,47). The maximum Gasteiger partial charge on any atom is 0.170 e. The molecule has 0 saturated carbocycles. The lowest BCUT2D eigenvalue weighted by atomic mass is 9.90. The second-order valence-corrected chi connectivity index (χ2v) is 12.6. The second kappa shape index (κ2) is 12.7. The molecule has 0 bridgehead atoms. The van der Waals surface area contributed by atoms with E-state index in [1.807, 2.05) is 36.4 Å². The summed E-state index contributed by atoms with van der Waals surface area (Å²) >= 11 is 0. The van der Waals surface area contributed by atoms with Crippen molar-refractivity contribution in [2.75, 3.05) is 10.2 Å². The first kappa shape index (κ1) is 29.5. The monoisotopic (exact) mass is 623 g/mol. The number of amidine groups is 2. The Morgan fingerprint density at radius 3 is 1.79 bits per heavy atom. The zero-order valence-corrected chi connectivity index (χ0v) is 27.1. The molecular weight excluding hydrogens is 587 g/mol. The van der Waals surface area contributed by atoms with Crippen molar-refractivity contribution in [3.8, 4) is 22.3 Å². The summed E-state index contributed by atoms with van der Waals surface area (Å²) in [5, 5.41) is 7.27. The van der Waals surface area contributed by atoms with Crippen molar-refractivity contribution in [1.29, 1.82) is 0 Å². The van der Waals surface area contributed by atoms with Crippen LogP contribution >= 0.6 is 0 Å². The molecule has 1 unspecified atom stereocenters. The molecule has 0 aliphatic carbocycles. The van der Waals surface area contributed by atoms with Crippen LogP contribution in [0.15, 0.2) is 168 Å². The van der Waals surface area contributed by atoms with Gasteiger partial charge in [0.2, 0.25) is 0 Å². The van der Waals surface area contributed by atoms with E-state index in [1.54, 1.807) is 0 Å². The van der Waals surface area contributed by atoms with Gasteiger partial charge < -0.3 is 15.5 Å². The highest BCUT2D eigenvalue weighted by molar-refractivity contribution is 6.16. The molecule has 1 atom stereocenters. The van der Waals surface area contributed by atoms with Crippen molar-refractivity contribution in [1.82, 2.24) is 5.32 Å². The molecule has 234 valence electrons. The van der Waals surface area contributed by atoms with Crippen molar-refractivity contribution >= 4 is 28.7 Å². The lowest BCUT2D eigenvalue weighted by Gasteiger charge is -2.30. The Hall–Kier alpha value is -5.94. The third kappa shape index (κ3) is 5.54. The van der Waals surface area contributed by atoms with Crippen LogP contribution in [0.5, 0.6) is 0 Å². The predicted molar refractivity (Wildman–Crippen MR) is 200 cm³/mol. The molecule has 6 aromatic carbocycles. The first-order valence-corrected chi connectivity index (χ1v) is 16.6. The Balaban J connectivity index is 1.23. The fraction of sp³-hybridized carbons (Fsp3) is 0.116. The zero-order valence-electron chi connectivity index (χ0n) is 27.1. The minimum Gasteiger partial charge on any atom is -0.363 e. The number of anilines is 3. The maximum absolute atomic E-state index is 5.20. The Morgan fingerprint density at radius 2 is 1.10 bits per heavy atom. The van der Waals surface area contributed by atoms with Gasteiger partial charge in [-0.2, -0.15) is 0 Å². The number of para-hydroxylation sites is 2. The van der Waals surface area contributed by atoms with Crippen LogP contribution in [0.4, 0.5) is 17.1 Å². The number of rotatable bonds is 7. The van der Waals surface area contributed by atoms with E-state index >= 15 is 0 Å². The van der Waals surface area contributed by atoms with Crippen molar-refractivity contribution in [3.05, 3.63) is 174 Å². The van der Waals surface area contributed by atoms with Crippen LogP contribution in [0.25, 0.3) is 22.3 Å². The van der Waals surface area contributed by atoms with Gasteiger partial charge in [-0.15, -0.1) is 0 Å². The normalized spacial score (nSPS) is 15.7. The molecule has 5 heteroatoms. The molecule has 0 amide bonds. The fourth-order valence-electron chi connectivity index (χ4n) is 6.78. The molecule has 2 N–H and O–H groups in total. The molecule has 48 heavy (non-hydrogen) atoms. The summed E-state index contributed by atoms with van der Waals surface area (Å²) < 4.78 is 0. The highest BCUT2D eigenvalue weighted by Crippen LogP contribution is 2.44. The summed E-state index contributed by atoms with van der Waals surface area (Å²) in [5.74, 6) is 2.03. The van der Waals surface area contributed by atoms with Gasteiger partial charge in [-0.25, -0.2) is 9.98 Å². The number of nitrogens with zero attached hydrogens (tertiary/aromatic N) is 3. The topological polar surface area (TPSA) is 52.0 Å². The van der Waals surface area contributed by atoms with E-state index in [-0.39, 0.29) is 6.17 Å². The number of hydrogen-bond donors (Lipinski definition) is 2. The first-order valence-electron chi connectivity index (χ1n) is 16.6. The van der Waals surface area contributed by atoms with E-state index in [1.165, 1.54) is 22.6 Å².